The highest BCUT2D eigenvalue weighted by Crippen LogP contribution is 2.36. The highest BCUT2D eigenvalue weighted by Gasteiger charge is 2.36. The van der Waals surface area contributed by atoms with Gasteiger partial charge in [-0.05, 0) is 31.1 Å². The van der Waals surface area contributed by atoms with E-state index in [9.17, 15) is 9.59 Å². The van der Waals surface area contributed by atoms with E-state index in [1.165, 1.54) is 11.3 Å². The summed E-state index contributed by atoms with van der Waals surface area (Å²) < 4.78 is 0. The summed E-state index contributed by atoms with van der Waals surface area (Å²) in [6.45, 7) is 3.40. The Balaban J connectivity index is 1.81. The van der Waals surface area contributed by atoms with Crippen LogP contribution < -0.4 is 5.32 Å². The highest BCUT2D eigenvalue weighted by molar-refractivity contribution is 5.83. The van der Waals surface area contributed by atoms with Crippen LogP contribution in [0.5, 0.6) is 0 Å². The minimum absolute atomic E-state index is 0.219. The van der Waals surface area contributed by atoms with Crippen molar-refractivity contribution in [1.82, 2.24) is 10.2 Å². The van der Waals surface area contributed by atoms with Gasteiger partial charge in [-0.3, -0.25) is 0 Å². The Morgan fingerprint density at radius 3 is 2.75 bits per heavy atom. The Morgan fingerprint density at radius 1 is 1.50 bits per heavy atom. The van der Waals surface area contributed by atoms with Crippen LogP contribution in [-0.2, 0) is 4.79 Å². The quantitative estimate of drug-likeness (QED) is 0.751. The van der Waals surface area contributed by atoms with Crippen molar-refractivity contribution in [1.29, 1.82) is 0 Å². The molecule has 5 nitrogen and oxygen atoms in total. The van der Waals surface area contributed by atoms with Crippen molar-refractivity contribution in [3.8, 4) is 0 Å². The van der Waals surface area contributed by atoms with Gasteiger partial charge in [-0.25, -0.2) is 9.59 Å². The van der Waals surface area contributed by atoms with E-state index < -0.39 is 12.0 Å². The molecule has 1 aliphatic heterocycles. The first-order chi connectivity index (χ1) is 7.59. The van der Waals surface area contributed by atoms with Crippen LogP contribution in [0.25, 0.3) is 0 Å². The molecule has 1 aliphatic carbocycles. The molecule has 0 radical (unpaired) electrons. The molecule has 1 saturated heterocycles. The topological polar surface area (TPSA) is 69.6 Å². The summed E-state index contributed by atoms with van der Waals surface area (Å²) in [5, 5.41) is 11.8. The molecule has 2 aliphatic rings. The molecule has 0 aromatic heterocycles. The number of rotatable bonds is 3. The van der Waals surface area contributed by atoms with E-state index in [-0.39, 0.29) is 6.03 Å². The molecule has 2 amide bonds. The van der Waals surface area contributed by atoms with Crippen LogP contribution in [0.4, 0.5) is 4.79 Å². The number of amides is 2. The SMILES string of the molecule is CC1CC1CNC(=O)N1CCC[C@H]1C(=O)O. The van der Waals surface area contributed by atoms with Crippen molar-refractivity contribution in [2.45, 2.75) is 32.2 Å². The van der Waals surface area contributed by atoms with Gasteiger partial charge in [0.15, 0.2) is 0 Å². The van der Waals surface area contributed by atoms with Crippen LogP contribution in [0.3, 0.4) is 0 Å². The summed E-state index contributed by atoms with van der Waals surface area (Å²) in [5.41, 5.74) is 0. The van der Waals surface area contributed by atoms with Gasteiger partial charge < -0.3 is 15.3 Å². The molecule has 0 aromatic rings. The van der Waals surface area contributed by atoms with Gasteiger partial charge in [-0.2, -0.15) is 0 Å². The normalized spacial score (nSPS) is 32.6. The number of nitrogens with one attached hydrogen (secondary N) is 1. The van der Waals surface area contributed by atoms with Crippen molar-refractivity contribution in [2.75, 3.05) is 13.1 Å². The Hall–Kier alpha value is -1.26. The van der Waals surface area contributed by atoms with Crippen LogP contribution >= 0.6 is 0 Å². The Kier molecular flexibility index (Phi) is 3.03. The average molecular weight is 226 g/mol. The Bertz CT molecular complexity index is 306. The molecule has 2 unspecified atom stereocenters. The number of carboxylic acid groups (broad SMARTS) is 1. The van der Waals surface area contributed by atoms with E-state index >= 15 is 0 Å². The van der Waals surface area contributed by atoms with E-state index in [1.807, 2.05) is 0 Å². The molecule has 3 atom stereocenters. The standard InChI is InChI=1S/C11H18N2O3/c1-7-5-8(7)6-12-11(16)13-4-2-3-9(13)10(14)15/h7-9H,2-6H2,1H3,(H,12,16)(H,14,15)/t7?,8?,9-/m0/s1. The molecule has 1 heterocycles. The molecule has 5 heteroatoms. The lowest BCUT2D eigenvalue weighted by molar-refractivity contribution is -0.141. The first kappa shape index (κ1) is 11.2. The number of likely N-dealkylation sites (tertiary alicyclic amines) is 1. The zero-order valence-electron chi connectivity index (χ0n) is 9.48. The number of hydrogen-bond donors (Lipinski definition) is 2. The first-order valence-corrected chi connectivity index (χ1v) is 5.87. The fourth-order valence-corrected chi connectivity index (χ4v) is 2.27. The minimum Gasteiger partial charge on any atom is -0.480 e. The minimum atomic E-state index is -0.896. The predicted octanol–water partition coefficient (Wildman–Crippen LogP) is 0.901. The number of carboxylic acids is 1. The lowest BCUT2D eigenvalue weighted by Crippen LogP contribution is -2.46. The molecule has 16 heavy (non-hydrogen) atoms. The fourth-order valence-electron chi connectivity index (χ4n) is 2.27. The monoisotopic (exact) mass is 226 g/mol. The van der Waals surface area contributed by atoms with Gasteiger partial charge in [0.05, 0.1) is 0 Å². The molecule has 0 bridgehead atoms. The fraction of sp³-hybridized carbons (Fsp3) is 0.818. The summed E-state index contributed by atoms with van der Waals surface area (Å²) in [7, 11) is 0. The van der Waals surface area contributed by atoms with Crippen LogP contribution in [0, 0.1) is 11.8 Å². The van der Waals surface area contributed by atoms with Gasteiger partial charge >= 0.3 is 12.0 Å². The molecular formula is C11H18N2O3. The molecule has 90 valence electrons. The van der Waals surface area contributed by atoms with E-state index in [2.05, 4.69) is 12.2 Å². The maximum absolute atomic E-state index is 11.8. The molecule has 2 N–H and O–H groups in total. The van der Waals surface area contributed by atoms with Crippen molar-refractivity contribution in [3.63, 3.8) is 0 Å². The number of aliphatic carboxylic acids is 1. The third-order valence-corrected chi connectivity index (χ3v) is 3.59. The number of carbonyl (C=O) groups excluding carboxylic acids is 1. The lowest BCUT2D eigenvalue weighted by Gasteiger charge is -2.21. The Labute approximate surface area is 94.8 Å². The molecule has 2 rings (SSSR count). The smallest absolute Gasteiger partial charge is 0.326 e. The molecule has 1 saturated carbocycles. The largest absolute Gasteiger partial charge is 0.480 e. The first-order valence-electron chi connectivity index (χ1n) is 5.87. The van der Waals surface area contributed by atoms with Crippen molar-refractivity contribution in [3.05, 3.63) is 0 Å². The lowest BCUT2D eigenvalue weighted by atomic mass is 10.2. The van der Waals surface area contributed by atoms with Gasteiger partial charge in [0.1, 0.15) is 6.04 Å². The van der Waals surface area contributed by atoms with Gasteiger partial charge in [0.2, 0.25) is 0 Å². The maximum atomic E-state index is 11.8. The number of carbonyl (C=O) groups is 2. The second-order valence-corrected chi connectivity index (χ2v) is 4.85. The number of hydrogen-bond acceptors (Lipinski definition) is 2. The summed E-state index contributed by atoms with van der Waals surface area (Å²) in [5.74, 6) is 0.399. The van der Waals surface area contributed by atoms with Crippen LogP contribution in [0.1, 0.15) is 26.2 Å². The van der Waals surface area contributed by atoms with Crippen LogP contribution in [0.15, 0.2) is 0 Å². The van der Waals surface area contributed by atoms with Gasteiger partial charge in [-0.1, -0.05) is 6.92 Å². The molecule has 0 aromatic carbocycles. The summed E-state index contributed by atoms with van der Waals surface area (Å²) in [6, 6.07) is -0.847. The molecule has 0 spiro atoms. The predicted molar refractivity (Wildman–Crippen MR) is 58.0 cm³/mol. The molecule has 2 fully saturated rings. The van der Waals surface area contributed by atoms with Crippen molar-refractivity contribution >= 4 is 12.0 Å². The molecular weight excluding hydrogens is 208 g/mol. The van der Waals surface area contributed by atoms with Crippen molar-refractivity contribution < 1.29 is 14.7 Å². The maximum Gasteiger partial charge on any atom is 0.326 e. The average Bonchev–Trinajstić information content (AvgIpc) is 2.78. The van der Waals surface area contributed by atoms with Gasteiger partial charge in [0, 0.05) is 13.1 Å². The van der Waals surface area contributed by atoms with Gasteiger partial charge in [0.25, 0.3) is 0 Å². The van der Waals surface area contributed by atoms with E-state index in [0.29, 0.717) is 31.3 Å². The second-order valence-electron chi connectivity index (χ2n) is 4.85. The van der Waals surface area contributed by atoms with E-state index in [1.54, 1.807) is 0 Å². The Morgan fingerprint density at radius 2 is 2.19 bits per heavy atom. The summed E-state index contributed by atoms with van der Waals surface area (Å²) in [6.07, 6.45) is 2.52. The third kappa shape index (κ3) is 2.28. The summed E-state index contributed by atoms with van der Waals surface area (Å²) >= 11 is 0. The van der Waals surface area contributed by atoms with E-state index in [4.69, 9.17) is 5.11 Å². The highest BCUT2D eigenvalue weighted by atomic mass is 16.4. The van der Waals surface area contributed by atoms with Crippen LogP contribution in [0.2, 0.25) is 0 Å². The van der Waals surface area contributed by atoms with E-state index in [0.717, 1.165) is 6.42 Å². The van der Waals surface area contributed by atoms with Gasteiger partial charge in [-0.15, -0.1) is 0 Å². The zero-order valence-corrected chi connectivity index (χ0v) is 9.48. The van der Waals surface area contributed by atoms with Crippen molar-refractivity contribution in [2.24, 2.45) is 11.8 Å². The zero-order chi connectivity index (χ0) is 11.7. The summed E-state index contributed by atoms with van der Waals surface area (Å²) in [4.78, 5) is 24.1. The third-order valence-electron chi connectivity index (χ3n) is 3.59. The number of urea groups is 1. The van der Waals surface area contributed by atoms with Crippen LogP contribution in [-0.4, -0.2) is 41.1 Å². The number of nitrogens with zero attached hydrogens (tertiary/aromatic N) is 1. The second kappa shape index (κ2) is 4.31.